The standard InChI is InChI=1S/C10H11N5O2/c1-5-2-3-7(16)6(4-5)12-9(17)8-13-10(11)15-14-8/h2-4,16H,1H3,(H,12,17)(H3,11,13,14,15). The molecule has 7 heteroatoms. The van der Waals surface area contributed by atoms with Crippen LogP contribution >= 0.6 is 0 Å². The third-order valence-corrected chi connectivity index (χ3v) is 2.12. The van der Waals surface area contributed by atoms with E-state index in [-0.39, 0.29) is 17.5 Å². The zero-order valence-electron chi connectivity index (χ0n) is 9.06. The van der Waals surface area contributed by atoms with Gasteiger partial charge in [-0.25, -0.2) is 0 Å². The predicted octanol–water partition coefficient (Wildman–Crippen LogP) is 0.653. The molecule has 0 aliphatic rings. The molecule has 2 aromatic rings. The molecule has 5 N–H and O–H groups in total. The number of carbonyl (C=O) groups excluding carboxylic acids is 1. The summed E-state index contributed by atoms with van der Waals surface area (Å²) in [6, 6.07) is 4.88. The van der Waals surface area contributed by atoms with Crippen molar-refractivity contribution >= 4 is 17.5 Å². The van der Waals surface area contributed by atoms with Crippen LogP contribution in [0.4, 0.5) is 11.6 Å². The molecule has 0 saturated carbocycles. The van der Waals surface area contributed by atoms with Gasteiger partial charge in [-0.1, -0.05) is 6.07 Å². The maximum atomic E-state index is 11.7. The van der Waals surface area contributed by atoms with E-state index < -0.39 is 5.91 Å². The van der Waals surface area contributed by atoms with Crippen LogP contribution in [0.3, 0.4) is 0 Å². The number of hydrogen-bond acceptors (Lipinski definition) is 5. The summed E-state index contributed by atoms with van der Waals surface area (Å²) in [7, 11) is 0. The first kappa shape index (κ1) is 10.9. The fourth-order valence-corrected chi connectivity index (χ4v) is 1.31. The molecule has 0 saturated heterocycles. The van der Waals surface area contributed by atoms with Crippen LogP contribution in [0.1, 0.15) is 16.2 Å². The number of carbonyl (C=O) groups is 1. The number of aromatic amines is 1. The highest BCUT2D eigenvalue weighted by molar-refractivity contribution is 6.02. The number of nitrogens with two attached hydrogens (primary N) is 1. The van der Waals surface area contributed by atoms with E-state index in [9.17, 15) is 9.90 Å². The molecule has 1 heterocycles. The Hall–Kier alpha value is -2.57. The summed E-state index contributed by atoms with van der Waals surface area (Å²) in [5.74, 6) is -0.557. The number of phenols is 1. The van der Waals surface area contributed by atoms with Crippen molar-refractivity contribution in [3.63, 3.8) is 0 Å². The summed E-state index contributed by atoms with van der Waals surface area (Å²) < 4.78 is 0. The number of phenolic OH excluding ortho intramolecular Hbond substituents is 1. The fraction of sp³-hybridized carbons (Fsp3) is 0.100. The number of nitrogen functional groups attached to an aromatic ring is 1. The average molecular weight is 233 g/mol. The molecule has 1 amide bonds. The molecule has 7 nitrogen and oxygen atoms in total. The lowest BCUT2D eigenvalue weighted by Crippen LogP contribution is -2.14. The second-order valence-electron chi connectivity index (χ2n) is 3.52. The van der Waals surface area contributed by atoms with Crippen molar-refractivity contribution in [2.24, 2.45) is 0 Å². The summed E-state index contributed by atoms with van der Waals surface area (Å²) in [6.07, 6.45) is 0. The van der Waals surface area contributed by atoms with E-state index in [0.29, 0.717) is 5.69 Å². The lowest BCUT2D eigenvalue weighted by Gasteiger charge is -2.06. The summed E-state index contributed by atoms with van der Waals surface area (Å²) in [5.41, 5.74) is 6.50. The van der Waals surface area contributed by atoms with Crippen LogP contribution < -0.4 is 11.1 Å². The molecule has 0 spiro atoms. The Bertz CT molecular complexity index is 564. The molecule has 0 bridgehead atoms. The van der Waals surface area contributed by atoms with E-state index in [1.54, 1.807) is 12.1 Å². The first-order chi connectivity index (χ1) is 8.06. The molecule has 0 aliphatic carbocycles. The van der Waals surface area contributed by atoms with Gasteiger partial charge < -0.3 is 16.2 Å². The number of amides is 1. The SMILES string of the molecule is Cc1ccc(O)c(NC(=O)c2nc(N)n[nH]2)c1. The van der Waals surface area contributed by atoms with Gasteiger partial charge in [-0.3, -0.25) is 9.89 Å². The van der Waals surface area contributed by atoms with Crippen molar-refractivity contribution in [2.45, 2.75) is 6.92 Å². The van der Waals surface area contributed by atoms with Crippen molar-refractivity contribution in [3.8, 4) is 5.75 Å². The van der Waals surface area contributed by atoms with Gasteiger partial charge in [-0.05, 0) is 24.6 Å². The van der Waals surface area contributed by atoms with Gasteiger partial charge in [-0.15, -0.1) is 5.10 Å². The third-order valence-electron chi connectivity index (χ3n) is 2.12. The van der Waals surface area contributed by atoms with Crippen molar-refractivity contribution < 1.29 is 9.90 Å². The Morgan fingerprint density at radius 2 is 2.29 bits per heavy atom. The smallest absolute Gasteiger partial charge is 0.293 e. The van der Waals surface area contributed by atoms with Crippen LogP contribution in [0, 0.1) is 6.92 Å². The highest BCUT2D eigenvalue weighted by Crippen LogP contribution is 2.24. The minimum Gasteiger partial charge on any atom is -0.506 e. The normalized spacial score (nSPS) is 10.2. The largest absolute Gasteiger partial charge is 0.506 e. The van der Waals surface area contributed by atoms with Gasteiger partial charge >= 0.3 is 0 Å². The van der Waals surface area contributed by atoms with Gasteiger partial charge in [0.1, 0.15) is 5.75 Å². The monoisotopic (exact) mass is 233 g/mol. The summed E-state index contributed by atoms with van der Waals surface area (Å²) in [6.45, 7) is 1.85. The first-order valence-corrected chi connectivity index (χ1v) is 4.85. The second kappa shape index (κ2) is 4.12. The van der Waals surface area contributed by atoms with Crippen molar-refractivity contribution in [2.75, 3.05) is 11.1 Å². The molecule has 88 valence electrons. The summed E-state index contributed by atoms with van der Waals surface area (Å²) in [4.78, 5) is 15.4. The Kier molecular flexibility index (Phi) is 2.65. The molecular formula is C10H11N5O2. The number of anilines is 2. The molecule has 0 atom stereocenters. The van der Waals surface area contributed by atoms with Crippen molar-refractivity contribution in [3.05, 3.63) is 29.6 Å². The number of H-pyrrole nitrogens is 1. The lowest BCUT2D eigenvalue weighted by atomic mass is 10.2. The topological polar surface area (TPSA) is 117 Å². The van der Waals surface area contributed by atoms with E-state index in [2.05, 4.69) is 20.5 Å². The van der Waals surface area contributed by atoms with E-state index in [4.69, 9.17) is 5.73 Å². The number of benzene rings is 1. The number of aromatic nitrogens is 3. The van der Waals surface area contributed by atoms with Crippen LogP contribution in [0.25, 0.3) is 0 Å². The molecule has 0 radical (unpaired) electrons. The number of rotatable bonds is 2. The molecular weight excluding hydrogens is 222 g/mol. The van der Waals surface area contributed by atoms with E-state index >= 15 is 0 Å². The minimum absolute atomic E-state index is 0.0105. The van der Waals surface area contributed by atoms with Gasteiger partial charge in [-0.2, -0.15) is 4.98 Å². The zero-order valence-corrected chi connectivity index (χ0v) is 9.06. The van der Waals surface area contributed by atoms with Crippen LogP contribution in [-0.4, -0.2) is 26.2 Å². The maximum Gasteiger partial charge on any atom is 0.293 e. The Labute approximate surface area is 96.7 Å². The number of aromatic hydroxyl groups is 1. The number of nitrogens with one attached hydrogen (secondary N) is 2. The third kappa shape index (κ3) is 2.33. The van der Waals surface area contributed by atoms with Gasteiger partial charge in [0.25, 0.3) is 5.91 Å². The van der Waals surface area contributed by atoms with E-state index in [0.717, 1.165) is 5.56 Å². The molecule has 2 rings (SSSR count). The predicted molar refractivity (Wildman–Crippen MR) is 61.6 cm³/mol. The number of hydrogen-bond donors (Lipinski definition) is 4. The summed E-state index contributed by atoms with van der Waals surface area (Å²) in [5, 5.41) is 18.0. The van der Waals surface area contributed by atoms with Crippen molar-refractivity contribution in [1.29, 1.82) is 0 Å². The fourth-order valence-electron chi connectivity index (χ4n) is 1.31. The van der Waals surface area contributed by atoms with Gasteiger partial charge in [0.05, 0.1) is 5.69 Å². The van der Waals surface area contributed by atoms with E-state index in [1.165, 1.54) is 6.07 Å². The van der Waals surface area contributed by atoms with Gasteiger partial charge in [0, 0.05) is 0 Å². The highest BCUT2D eigenvalue weighted by Gasteiger charge is 2.12. The van der Waals surface area contributed by atoms with Crippen LogP contribution in [-0.2, 0) is 0 Å². The average Bonchev–Trinajstić information content (AvgIpc) is 2.70. The van der Waals surface area contributed by atoms with Gasteiger partial charge in [0.2, 0.25) is 11.8 Å². The first-order valence-electron chi connectivity index (χ1n) is 4.85. The Balaban J connectivity index is 2.21. The lowest BCUT2D eigenvalue weighted by molar-refractivity contribution is 0.101. The Morgan fingerprint density at radius 1 is 1.53 bits per heavy atom. The van der Waals surface area contributed by atoms with Crippen LogP contribution in [0.2, 0.25) is 0 Å². The van der Waals surface area contributed by atoms with Crippen LogP contribution in [0.15, 0.2) is 18.2 Å². The van der Waals surface area contributed by atoms with Crippen molar-refractivity contribution in [1.82, 2.24) is 15.2 Å². The number of aryl methyl sites for hydroxylation is 1. The molecule has 0 aliphatic heterocycles. The highest BCUT2D eigenvalue weighted by atomic mass is 16.3. The van der Waals surface area contributed by atoms with Crippen LogP contribution in [0.5, 0.6) is 5.75 Å². The molecule has 1 aromatic carbocycles. The summed E-state index contributed by atoms with van der Waals surface area (Å²) >= 11 is 0. The Morgan fingerprint density at radius 3 is 2.94 bits per heavy atom. The second-order valence-corrected chi connectivity index (χ2v) is 3.52. The molecule has 0 unspecified atom stereocenters. The minimum atomic E-state index is -0.518. The quantitative estimate of drug-likeness (QED) is 0.568. The number of nitrogens with zero attached hydrogens (tertiary/aromatic N) is 2. The van der Waals surface area contributed by atoms with E-state index in [1.807, 2.05) is 6.92 Å². The zero-order chi connectivity index (χ0) is 12.4. The van der Waals surface area contributed by atoms with Gasteiger partial charge in [0.15, 0.2) is 0 Å². The molecule has 1 aromatic heterocycles. The molecule has 0 fully saturated rings. The molecule has 17 heavy (non-hydrogen) atoms. The maximum absolute atomic E-state index is 11.7.